The summed E-state index contributed by atoms with van der Waals surface area (Å²) in [5.74, 6) is -0.111. The van der Waals surface area contributed by atoms with Gasteiger partial charge in [0.1, 0.15) is 11.8 Å². The van der Waals surface area contributed by atoms with Gasteiger partial charge in [0, 0.05) is 10.7 Å². The molecule has 0 aliphatic rings. The highest BCUT2D eigenvalue weighted by molar-refractivity contribution is 7.92. The van der Waals surface area contributed by atoms with Gasteiger partial charge in [-0.1, -0.05) is 36.7 Å². The van der Waals surface area contributed by atoms with E-state index < -0.39 is 22.0 Å². The van der Waals surface area contributed by atoms with Crippen molar-refractivity contribution >= 4 is 38.9 Å². The first-order valence-corrected chi connectivity index (χ1v) is 11.0. The van der Waals surface area contributed by atoms with E-state index in [1.54, 1.807) is 19.1 Å². The van der Waals surface area contributed by atoms with Gasteiger partial charge in [0.2, 0.25) is 15.9 Å². The number of carbonyl (C=O) groups is 1. The van der Waals surface area contributed by atoms with Gasteiger partial charge in [-0.05, 0) is 49.6 Å². The lowest BCUT2D eigenvalue weighted by molar-refractivity contribution is -0.117. The Morgan fingerprint density at radius 2 is 1.82 bits per heavy atom. The molecule has 2 aromatic rings. The summed E-state index contributed by atoms with van der Waals surface area (Å²) >= 11 is 6.09. The Balaban J connectivity index is 2.53. The van der Waals surface area contributed by atoms with E-state index in [0.29, 0.717) is 16.5 Å². The van der Waals surface area contributed by atoms with E-state index in [0.717, 1.165) is 21.7 Å². The van der Waals surface area contributed by atoms with Crippen LogP contribution in [0, 0.1) is 13.8 Å². The first-order valence-electron chi connectivity index (χ1n) is 8.80. The fourth-order valence-electron chi connectivity index (χ4n) is 3.09. The van der Waals surface area contributed by atoms with Gasteiger partial charge < -0.3 is 10.1 Å². The quantitative estimate of drug-likeness (QED) is 0.724. The van der Waals surface area contributed by atoms with Crippen molar-refractivity contribution < 1.29 is 17.9 Å². The number of anilines is 2. The maximum Gasteiger partial charge on any atom is 0.248 e. The lowest BCUT2D eigenvalue weighted by Crippen LogP contribution is -2.47. The molecule has 0 aliphatic carbocycles. The number of amides is 1. The number of rotatable bonds is 7. The van der Waals surface area contributed by atoms with Crippen LogP contribution in [0.2, 0.25) is 5.02 Å². The summed E-state index contributed by atoms with van der Waals surface area (Å²) in [5, 5.41) is 3.23. The fourth-order valence-corrected chi connectivity index (χ4v) is 4.46. The highest BCUT2D eigenvalue weighted by Gasteiger charge is 2.34. The predicted octanol–water partition coefficient (Wildman–Crippen LogP) is 4.15. The van der Waals surface area contributed by atoms with Gasteiger partial charge in [-0.3, -0.25) is 9.10 Å². The Labute approximate surface area is 171 Å². The molecule has 0 spiro atoms. The zero-order chi connectivity index (χ0) is 21.1. The highest BCUT2D eigenvalue weighted by Crippen LogP contribution is 2.35. The van der Waals surface area contributed by atoms with Gasteiger partial charge in [0.05, 0.1) is 19.1 Å². The van der Waals surface area contributed by atoms with Crippen molar-refractivity contribution in [3.05, 3.63) is 52.5 Å². The average Bonchev–Trinajstić information content (AvgIpc) is 2.61. The Hall–Kier alpha value is -2.25. The van der Waals surface area contributed by atoms with E-state index in [1.807, 2.05) is 32.0 Å². The molecule has 1 atom stereocenters. The molecule has 0 fully saturated rings. The van der Waals surface area contributed by atoms with Crippen LogP contribution in [-0.2, 0) is 14.8 Å². The van der Waals surface area contributed by atoms with Gasteiger partial charge in [0.15, 0.2) is 0 Å². The summed E-state index contributed by atoms with van der Waals surface area (Å²) in [6.45, 7) is 5.53. The molecular formula is C20H25ClN2O4S. The maximum atomic E-state index is 13.1. The Morgan fingerprint density at radius 3 is 2.32 bits per heavy atom. The number of para-hydroxylation sites is 1. The Morgan fingerprint density at radius 1 is 1.21 bits per heavy atom. The third kappa shape index (κ3) is 4.77. The number of hydrogen-bond acceptors (Lipinski definition) is 4. The molecule has 8 heteroatoms. The molecule has 1 amide bonds. The molecule has 1 N–H and O–H groups in total. The van der Waals surface area contributed by atoms with Crippen LogP contribution in [0.4, 0.5) is 11.4 Å². The maximum absolute atomic E-state index is 13.1. The van der Waals surface area contributed by atoms with Crippen LogP contribution in [-0.4, -0.2) is 33.7 Å². The standard InChI is InChI=1S/C20H25ClN2O4S/c1-6-16(20(24)22-19-13(2)8-7-9-14(19)3)23(28(5,25)26)17-12-15(21)10-11-18(17)27-4/h7-12,16H,6H2,1-5H3,(H,22,24)/t16-/m0/s1. The van der Waals surface area contributed by atoms with E-state index in [9.17, 15) is 13.2 Å². The fraction of sp³-hybridized carbons (Fsp3) is 0.350. The summed E-state index contributed by atoms with van der Waals surface area (Å²) in [6, 6.07) is 9.36. The third-order valence-electron chi connectivity index (χ3n) is 4.44. The third-order valence-corrected chi connectivity index (χ3v) is 5.84. The second-order valence-corrected chi connectivity index (χ2v) is 8.85. The monoisotopic (exact) mass is 424 g/mol. The van der Waals surface area contributed by atoms with E-state index >= 15 is 0 Å². The molecule has 0 saturated heterocycles. The first kappa shape index (κ1) is 22.0. The molecule has 2 rings (SSSR count). The zero-order valence-corrected chi connectivity index (χ0v) is 18.2. The molecule has 152 valence electrons. The van der Waals surface area contributed by atoms with Crippen molar-refractivity contribution in [2.75, 3.05) is 23.0 Å². The van der Waals surface area contributed by atoms with Gasteiger partial charge >= 0.3 is 0 Å². The van der Waals surface area contributed by atoms with Crippen molar-refractivity contribution in [1.82, 2.24) is 0 Å². The number of aryl methyl sites for hydroxylation is 2. The molecule has 0 unspecified atom stereocenters. The van der Waals surface area contributed by atoms with Crippen molar-refractivity contribution in [2.24, 2.45) is 0 Å². The smallest absolute Gasteiger partial charge is 0.248 e. The number of ether oxygens (including phenoxy) is 1. The van der Waals surface area contributed by atoms with Gasteiger partial charge in [-0.2, -0.15) is 0 Å². The molecule has 0 aliphatic heterocycles. The largest absolute Gasteiger partial charge is 0.495 e. The molecule has 0 aromatic heterocycles. The highest BCUT2D eigenvalue weighted by atomic mass is 35.5. The van der Waals surface area contributed by atoms with Gasteiger partial charge in [-0.25, -0.2) is 8.42 Å². The summed E-state index contributed by atoms with van der Waals surface area (Å²) < 4.78 is 31.7. The molecule has 0 heterocycles. The first-order chi connectivity index (χ1) is 13.1. The number of methoxy groups -OCH3 is 1. The SMILES string of the molecule is CC[C@@H](C(=O)Nc1c(C)cccc1C)N(c1cc(Cl)ccc1OC)S(C)(=O)=O. The second-order valence-electron chi connectivity index (χ2n) is 6.56. The summed E-state index contributed by atoms with van der Waals surface area (Å²) in [6.07, 6.45) is 1.32. The number of carbonyl (C=O) groups excluding carboxylic acids is 1. The molecule has 0 bridgehead atoms. The minimum Gasteiger partial charge on any atom is -0.495 e. The normalized spacial score (nSPS) is 12.4. The van der Waals surface area contributed by atoms with E-state index in [-0.39, 0.29) is 12.1 Å². The molecule has 0 saturated carbocycles. The minimum atomic E-state index is -3.80. The Kier molecular flexibility index (Phi) is 6.96. The van der Waals surface area contributed by atoms with Crippen molar-refractivity contribution in [3.63, 3.8) is 0 Å². The molecule has 0 radical (unpaired) electrons. The van der Waals surface area contributed by atoms with Crippen LogP contribution >= 0.6 is 11.6 Å². The van der Waals surface area contributed by atoms with Crippen LogP contribution in [0.5, 0.6) is 5.75 Å². The van der Waals surface area contributed by atoms with Gasteiger partial charge in [0.25, 0.3) is 0 Å². The number of benzene rings is 2. The van der Waals surface area contributed by atoms with E-state index in [1.165, 1.54) is 13.2 Å². The van der Waals surface area contributed by atoms with Crippen LogP contribution in [0.1, 0.15) is 24.5 Å². The second kappa shape index (κ2) is 8.84. The van der Waals surface area contributed by atoms with Crippen molar-refractivity contribution in [2.45, 2.75) is 33.2 Å². The summed E-state index contributed by atoms with van der Waals surface area (Å²) in [4.78, 5) is 13.1. The zero-order valence-electron chi connectivity index (χ0n) is 16.6. The van der Waals surface area contributed by atoms with Crippen molar-refractivity contribution in [3.8, 4) is 5.75 Å². The number of nitrogens with one attached hydrogen (secondary N) is 1. The van der Waals surface area contributed by atoms with Crippen LogP contribution < -0.4 is 14.4 Å². The van der Waals surface area contributed by atoms with Crippen molar-refractivity contribution in [1.29, 1.82) is 0 Å². The minimum absolute atomic E-state index is 0.223. The van der Waals surface area contributed by atoms with Crippen LogP contribution in [0.25, 0.3) is 0 Å². The van der Waals surface area contributed by atoms with E-state index in [4.69, 9.17) is 16.3 Å². The van der Waals surface area contributed by atoms with E-state index in [2.05, 4.69) is 5.32 Å². The molecular weight excluding hydrogens is 400 g/mol. The number of sulfonamides is 1. The topological polar surface area (TPSA) is 75.7 Å². The molecule has 6 nitrogen and oxygen atoms in total. The number of halogens is 1. The predicted molar refractivity (Wildman–Crippen MR) is 114 cm³/mol. The number of nitrogens with zero attached hydrogens (tertiary/aromatic N) is 1. The van der Waals surface area contributed by atoms with Crippen LogP contribution in [0.15, 0.2) is 36.4 Å². The lowest BCUT2D eigenvalue weighted by atomic mass is 10.1. The molecule has 28 heavy (non-hydrogen) atoms. The summed E-state index contributed by atoms with van der Waals surface area (Å²) in [5.41, 5.74) is 2.70. The number of hydrogen-bond donors (Lipinski definition) is 1. The Bertz CT molecular complexity index is 956. The lowest BCUT2D eigenvalue weighted by Gasteiger charge is -2.31. The summed E-state index contributed by atoms with van der Waals surface area (Å²) in [7, 11) is -2.37. The van der Waals surface area contributed by atoms with Gasteiger partial charge in [-0.15, -0.1) is 0 Å². The molecule has 2 aromatic carbocycles. The average molecular weight is 425 g/mol. The van der Waals surface area contributed by atoms with Crippen LogP contribution in [0.3, 0.4) is 0 Å².